The van der Waals surface area contributed by atoms with Crippen molar-refractivity contribution in [1.29, 1.82) is 0 Å². The maximum Gasteiger partial charge on any atom is 0.0837 e. The highest BCUT2D eigenvalue weighted by Crippen LogP contribution is 2.16. The number of aryl methyl sites for hydroxylation is 2. The number of nitrogens with zero attached hydrogens (tertiary/aromatic N) is 3. The van der Waals surface area contributed by atoms with Gasteiger partial charge in [0.2, 0.25) is 0 Å². The molecule has 0 aromatic carbocycles. The zero-order chi connectivity index (χ0) is 10.8. The summed E-state index contributed by atoms with van der Waals surface area (Å²) in [6, 6.07) is 5.67. The standard InChI is InChI=1S/C11H14N4/c1-8-3-4-9(7-13-8)11(12)10-5-6-15(2)14-10/h3-7,11H,12H2,1-2H3. The smallest absolute Gasteiger partial charge is 0.0837 e. The van der Waals surface area contributed by atoms with Gasteiger partial charge >= 0.3 is 0 Å². The second-order valence-electron chi connectivity index (χ2n) is 3.62. The van der Waals surface area contributed by atoms with Crippen LogP contribution in [0.2, 0.25) is 0 Å². The van der Waals surface area contributed by atoms with Crippen molar-refractivity contribution in [2.45, 2.75) is 13.0 Å². The predicted molar refractivity (Wildman–Crippen MR) is 58.2 cm³/mol. The van der Waals surface area contributed by atoms with E-state index in [1.165, 1.54) is 0 Å². The van der Waals surface area contributed by atoms with Gasteiger partial charge in [-0.3, -0.25) is 9.67 Å². The molecule has 2 heterocycles. The van der Waals surface area contributed by atoms with Crippen LogP contribution in [0.25, 0.3) is 0 Å². The van der Waals surface area contributed by atoms with Crippen molar-refractivity contribution >= 4 is 0 Å². The largest absolute Gasteiger partial charge is 0.319 e. The van der Waals surface area contributed by atoms with Gasteiger partial charge in [0, 0.05) is 25.1 Å². The number of nitrogens with two attached hydrogens (primary N) is 1. The van der Waals surface area contributed by atoms with Crippen molar-refractivity contribution in [2.24, 2.45) is 12.8 Å². The summed E-state index contributed by atoms with van der Waals surface area (Å²) in [6.45, 7) is 1.95. The van der Waals surface area contributed by atoms with E-state index in [0.29, 0.717) is 0 Å². The Morgan fingerprint density at radius 1 is 1.33 bits per heavy atom. The molecule has 78 valence electrons. The van der Waals surface area contributed by atoms with Crippen molar-refractivity contribution in [1.82, 2.24) is 14.8 Å². The number of hydrogen-bond donors (Lipinski definition) is 1. The van der Waals surface area contributed by atoms with Gasteiger partial charge in [0.05, 0.1) is 11.7 Å². The zero-order valence-corrected chi connectivity index (χ0v) is 8.88. The molecule has 2 rings (SSSR count). The number of hydrogen-bond acceptors (Lipinski definition) is 3. The van der Waals surface area contributed by atoms with E-state index < -0.39 is 0 Å². The first kappa shape index (κ1) is 9.86. The summed E-state index contributed by atoms with van der Waals surface area (Å²) in [5.74, 6) is 0. The molecule has 2 aromatic heterocycles. The highest BCUT2D eigenvalue weighted by molar-refractivity contribution is 5.24. The lowest BCUT2D eigenvalue weighted by Gasteiger charge is -2.08. The van der Waals surface area contributed by atoms with Crippen LogP contribution in [0.15, 0.2) is 30.6 Å². The first-order valence-corrected chi connectivity index (χ1v) is 4.84. The van der Waals surface area contributed by atoms with Crippen molar-refractivity contribution in [3.8, 4) is 0 Å². The minimum absolute atomic E-state index is 0.195. The molecule has 4 nitrogen and oxygen atoms in total. The molecule has 15 heavy (non-hydrogen) atoms. The van der Waals surface area contributed by atoms with Gasteiger partial charge < -0.3 is 5.73 Å². The summed E-state index contributed by atoms with van der Waals surface area (Å²) >= 11 is 0. The Kier molecular flexibility index (Phi) is 2.51. The van der Waals surface area contributed by atoms with Crippen molar-refractivity contribution < 1.29 is 0 Å². The third-order valence-electron chi connectivity index (χ3n) is 2.35. The topological polar surface area (TPSA) is 56.7 Å². The average Bonchev–Trinajstić information content (AvgIpc) is 2.65. The van der Waals surface area contributed by atoms with Gasteiger partial charge in [-0.25, -0.2) is 0 Å². The number of aromatic nitrogens is 3. The van der Waals surface area contributed by atoms with Crippen molar-refractivity contribution in [2.75, 3.05) is 0 Å². The molecular weight excluding hydrogens is 188 g/mol. The van der Waals surface area contributed by atoms with Gasteiger partial charge in [-0.2, -0.15) is 5.10 Å². The minimum atomic E-state index is -0.195. The van der Waals surface area contributed by atoms with E-state index in [-0.39, 0.29) is 6.04 Å². The molecular formula is C11H14N4. The fraction of sp³-hybridized carbons (Fsp3) is 0.273. The summed E-state index contributed by atoms with van der Waals surface area (Å²) in [5, 5.41) is 4.27. The third kappa shape index (κ3) is 2.05. The lowest BCUT2D eigenvalue weighted by molar-refractivity contribution is 0.714. The molecule has 0 aliphatic rings. The van der Waals surface area contributed by atoms with Crippen LogP contribution in [0.1, 0.15) is 23.0 Å². The van der Waals surface area contributed by atoms with Crippen LogP contribution in [0, 0.1) is 6.92 Å². The molecule has 2 aromatic rings. The van der Waals surface area contributed by atoms with E-state index in [1.807, 2.05) is 38.4 Å². The Bertz CT molecular complexity index is 444. The Labute approximate surface area is 88.8 Å². The molecule has 0 amide bonds. The molecule has 0 saturated heterocycles. The van der Waals surface area contributed by atoms with Crippen molar-refractivity contribution in [3.63, 3.8) is 0 Å². The number of pyridine rings is 1. The zero-order valence-electron chi connectivity index (χ0n) is 8.88. The monoisotopic (exact) mass is 202 g/mol. The van der Waals surface area contributed by atoms with Gasteiger partial charge in [0.15, 0.2) is 0 Å². The highest BCUT2D eigenvalue weighted by atomic mass is 15.3. The normalized spacial score (nSPS) is 12.7. The quantitative estimate of drug-likeness (QED) is 0.795. The Balaban J connectivity index is 2.28. The first-order chi connectivity index (χ1) is 7.16. The summed E-state index contributed by atoms with van der Waals surface area (Å²) in [5.41, 5.74) is 8.91. The van der Waals surface area contributed by atoms with Crippen LogP contribution in [0.5, 0.6) is 0 Å². The van der Waals surface area contributed by atoms with Crippen LogP contribution >= 0.6 is 0 Å². The van der Waals surface area contributed by atoms with Gasteiger partial charge in [-0.1, -0.05) is 6.07 Å². The van der Waals surface area contributed by atoms with E-state index >= 15 is 0 Å². The van der Waals surface area contributed by atoms with Crippen LogP contribution in [0.3, 0.4) is 0 Å². The van der Waals surface area contributed by atoms with Gasteiger partial charge in [-0.15, -0.1) is 0 Å². The van der Waals surface area contributed by atoms with Crippen LogP contribution in [0.4, 0.5) is 0 Å². The van der Waals surface area contributed by atoms with Gasteiger partial charge in [0.1, 0.15) is 0 Å². The van der Waals surface area contributed by atoms with E-state index in [1.54, 1.807) is 10.9 Å². The second-order valence-corrected chi connectivity index (χ2v) is 3.62. The third-order valence-corrected chi connectivity index (χ3v) is 2.35. The molecule has 0 aliphatic carbocycles. The molecule has 1 atom stereocenters. The Morgan fingerprint density at radius 2 is 2.13 bits per heavy atom. The lowest BCUT2D eigenvalue weighted by atomic mass is 10.1. The van der Waals surface area contributed by atoms with E-state index in [4.69, 9.17) is 5.73 Å². The van der Waals surface area contributed by atoms with Crippen LogP contribution < -0.4 is 5.73 Å². The highest BCUT2D eigenvalue weighted by Gasteiger charge is 2.11. The molecule has 4 heteroatoms. The summed E-state index contributed by atoms with van der Waals surface area (Å²) in [7, 11) is 1.88. The molecule has 0 saturated carbocycles. The Morgan fingerprint density at radius 3 is 2.67 bits per heavy atom. The van der Waals surface area contributed by atoms with Crippen LogP contribution in [-0.2, 0) is 7.05 Å². The van der Waals surface area contributed by atoms with E-state index in [9.17, 15) is 0 Å². The lowest BCUT2D eigenvalue weighted by Crippen LogP contribution is -2.13. The fourth-order valence-electron chi connectivity index (χ4n) is 1.43. The van der Waals surface area contributed by atoms with Gasteiger partial charge in [-0.05, 0) is 24.6 Å². The maximum absolute atomic E-state index is 6.06. The van der Waals surface area contributed by atoms with E-state index in [2.05, 4.69) is 10.1 Å². The molecule has 2 N–H and O–H groups in total. The fourth-order valence-corrected chi connectivity index (χ4v) is 1.43. The molecule has 0 bridgehead atoms. The minimum Gasteiger partial charge on any atom is -0.319 e. The number of rotatable bonds is 2. The molecule has 0 aliphatic heterocycles. The van der Waals surface area contributed by atoms with Crippen molar-refractivity contribution in [3.05, 3.63) is 47.5 Å². The van der Waals surface area contributed by atoms with Crippen LogP contribution in [-0.4, -0.2) is 14.8 Å². The summed E-state index contributed by atoms with van der Waals surface area (Å²) in [4.78, 5) is 4.22. The average molecular weight is 202 g/mol. The molecule has 0 spiro atoms. The molecule has 0 radical (unpaired) electrons. The van der Waals surface area contributed by atoms with Gasteiger partial charge in [0.25, 0.3) is 0 Å². The maximum atomic E-state index is 6.06. The summed E-state index contributed by atoms with van der Waals surface area (Å²) in [6.07, 6.45) is 3.69. The first-order valence-electron chi connectivity index (χ1n) is 4.84. The Hall–Kier alpha value is -1.68. The van der Waals surface area contributed by atoms with E-state index in [0.717, 1.165) is 17.0 Å². The molecule has 0 fully saturated rings. The summed E-state index contributed by atoms with van der Waals surface area (Å²) < 4.78 is 1.75. The predicted octanol–water partition coefficient (Wildman–Crippen LogP) is 1.17. The SMILES string of the molecule is Cc1ccc(C(N)c2ccn(C)n2)cn1. The molecule has 1 unspecified atom stereocenters. The second kappa shape index (κ2) is 3.82.